The van der Waals surface area contributed by atoms with Crippen LogP contribution in [0.1, 0.15) is 36.8 Å². The summed E-state index contributed by atoms with van der Waals surface area (Å²) in [6.45, 7) is 5.76. The van der Waals surface area contributed by atoms with E-state index in [1.165, 1.54) is 0 Å². The van der Waals surface area contributed by atoms with Gasteiger partial charge in [0.25, 0.3) is 0 Å². The number of anilines is 1. The van der Waals surface area contributed by atoms with Crippen LogP contribution in [0.15, 0.2) is 78.9 Å². The molecule has 4 aromatic rings. The molecule has 0 radical (unpaired) electrons. The molecule has 1 amide bonds. The van der Waals surface area contributed by atoms with E-state index in [4.69, 9.17) is 9.47 Å². The highest BCUT2D eigenvalue weighted by Crippen LogP contribution is 2.24. The summed E-state index contributed by atoms with van der Waals surface area (Å²) in [7, 11) is 0. The molecule has 0 aliphatic heterocycles. The van der Waals surface area contributed by atoms with Crippen molar-refractivity contribution >= 4 is 17.9 Å². The zero-order chi connectivity index (χ0) is 25.5. The molecular weight excluding hydrogens is 456 g/mol. The second kappa shape index (κ2) is 11.3. The van der Waals surface area contributed by atoms with Crippen molar-refractivity contribution in [3.8, 4) is 16.8 Å². The zero-order valence-electron chi connectivity index (χ0n) is 20.5. The normalized spacial score (nSPS) is 11.5. The summed E-state index contributed by atoms with van der Waals surface area (Å²) in [4.78, 5) is 24.3. The molecule has 0 aliphatic carbocycles. The van der Waals surface area contributed by atoms with E-state index < -0.39 is 12.2 Å². The van der Waals surface area contributed by atoms with Crippen molar-refractivity contribution in [3.63, 3.8) is 0 Å². The minimum absolute atomic E-state index is 0.236. The van der Waals surface area contributed by atoms with E-state index in [0.29, 0.717) is 18.1 Å². The van der Waals surface area contributed by atoms with Gasteiger partial charge in [-0.15, -0.1) is 5.10 Å². The van der Waals surface area contributed by atoms with Gasteiger partial charge < -0.3 is 9.47 Å². The summed E-state index contributed by atoms with van der Waals surface area (Å²) in [5.41, 5.74) is 5.13. The van der Waals surface area contributed by atoms with Gasteiger partial charge in [0.15, 0.2) is 5.82 Å². The Balaban J connectivity index is 1.45. The smallest absolute Gasteiger partial charge is 0.413 e. The van der Waals surface area contributed by atoms with Crippen molar-refractivity contribution < 1.29 is 19.1 Å². The predicted octanol–water partition coefficient (Wildman–Crippen LogP) is 5.66. The third-order valence-electron chi connectivity index (χ3n) is 5.66. The number of hydrogen-bond acceptors (Lipinski definition) is 6. The van der Waals surface area contributed by atoms with Gasteiger partial charge in [-0.2, -0.15) is 4.68 Å². The molecule has 4 rings (SSSR count). The maximum Gasteiger partial charge on any atom is 0.413 e. The van der Waals surface area contributed by atoms with Crippen molar-refractivity contribution in [2.75, 3.05) is 11.9 Å². The van der Waals surface area contributed by atoms with Gasteiger partial charge in [0.1, 0.15) is 11.8 Å². The molecule has 36 heavy (non-hydrogen) atoms. The fourth-order valence-electron chi connectivity index (χ4n) is 3.75. The maximum atomic E-state index is 12.6. The maximum absolute atomic E-state index is 12.6. The van der Waals surface area contributed by atoms with Crippen LogP contribution in [0.5, 0.6) is 0 Å². The number of nitrogens with zero attached hydrogens (tertiary/aromatic N) is 3. The Morgan fingerprint density at radius 2 is 1.58 bits per heavy atom. The van der Waals surface area contributed by atoms with Crippen molar-refractivity contribution in [1.29, 1.82) is 0 Å². The van der Waals surface area contributed by atoms with Crippen molar-refractivity contribution in [3.05, 3.63) is 95.7 Å². The van der Waals surface area contributed by atoms with Crippen LogP contribution < -0.4 is 5.32 Å². The average molecular weight is 485 g/mol. The fraction of sp³-hybridized carbons (Fsp3) is 0.214. The highest BCUT2D eigenvalue weighted by molar-refractivity contribution is 5.84. The molecule has 1 N–H and O–H groups in total. The standard InChI is InChI=1S/C28H28N4O4/c1-4-35-26(33)18-21-10-12-23(13-11-21)24-14-16-25(17-15-24)32-27(19(2)30-31-32)29-28(34)36-20(3)22-8-6-5-7-9-22/h5-17,20H,4,18H2,1-3H3,(H,29,34)/t20-/m1/s1. The van der Waals surface area contributed by atoms with E-state index >= 15 is 0 Å². The SMILES string of the molecule is CCOC(=O)Cc1ccc(-c2ccc(-n3nnc(C)c3NC(=O)O[C@H](C)c3ccccc3)cc2)cc1. The average Bonchev–Trinajstić information content (AvgIpc) is 3.25. The van der Waals surface area contributed by atoms with Crippen LogP contribution in [0.3, 0.4) is 0 Å². The Morgan fingerprint density at radius 3 is 2.22 bits per heavy atom. The molecule has 0 bridgehead atoms. The van der Waals surface area contributed by atoms with Crippen LogP contribution in [-0.4, -0.2) is 33.7 Å². The van der Waals surface area contributed by atoms with Crippen LogP contribution in [0.4, 0.5) is 10.6 Å². The monoisotopic (exact) mass is 484 g/mol. The Bertz CT molecular complexity index is 1320. The van der Waals surface area contributed by atoms with Crippen LogP contribution in [0, 0.1) is 6.92 Å². The van der Waals surface area contributed by atoms with Gasteiger partial charge in [-0.3, -0.25) is 10.1 Å². The number of aromatic nitrogens is 3. The molecule has 0 unspecified atom stereocenters. The molecule has 1 heterocycles. The summed E-state index contributed by atoms with van der Waals surface area (Å²) in [6, 6.07) is 25.0. The topological polar surface area (TPSA) is 95.3 Å². The molecule has 0 saturated heterocycles. The molecule has 8 heteroatoms. The number of esters is 1. The lowest BCUT2D eigenvalue weighted by Crippen LogP contribution is -2.18. The molecular formula is C28H28N4O4. The number of benzene rings is 3. The van der Waals surface area contributed by atoms with Gasteiger partial charge in [-0.05, 0) is 55.2 Å². The summed E-state index contributed by atoms with van der Waals surface area (Å²) >= 11 is 0. The van der Waals surface area contributed by atoms with E-state index in [-0.39, 0.29) is 12.4 Å². The van der Waals surface area contributed by atoms with Gasteiger partial charge in [-0.1, -0.05) is 71.9 Å². The van der Waals surface area contributed by atoms with E-state index in [1.54, 1.807) is 18.5 Å². The minimum atomic E-state index is -0.586. The summed E-state index contributed by atoms with van der Waals surface area (Å²) in [5.74, 6) is 0.205. The minimum Gasteiger partial charge on any atom is -0.466 e. The quantitative estimate of drug-likeness (QED) is 0.324. The first-order valence-electron chi connectivity index (χ1n) is 11.7. The molecule has 0 fully saturated rings. The van der Waals surface area contributed by atoms with Gasteiger partial charge in [-0.25, -0.2) is 4.79 Å². The lowest BCUT2D eigenvalue weighted by molar-refractivity contribution is -0.142. The molecule has 1 aromatic heterocycles. The molecule has 0 aliphatic rings. The largest absolute Gasteiger partial charge is 0.466 e. The number of carbonyl (C=O) groups excluding carboxylic acids is 2. The van der Waals surface area contributed by atoms with Gasteiger partial charge in [0.2, 0.25) is 0 Å². The predicted molar refractivity (Wildman–Crippen MR) is 137 cm³/mol. The molecule has 8 nitrogen and oxygen atoms in total. The number of nitrogens with one attached hydrogen (secondary N) is 1. The van der Waals surface area contributed by atoms with Crippen LogP contribution in [0.25, 0.3) is 16.8 Å². The summed E-state index contributed by atoms with van der Waals surface area (Å²) in [5, 5.41) is 11.1. The third kappa shape index (κ3) is 5.96. The fourth-order valence-corrected chi connectivity index (χ4v) is 3.75. The van der Waals surface area contributed by atoms with E-state index in [2.05, 4.69) is 15.6 Å². The van der Waals surface area contributed by atoms with E-state index in [0.717, 1.165) is 27.9 Å². The second-order valence-corrected chi connectivity index (χ2v) is 8.24. The molecule has 0 saturated carbocycles. The number of rotatable bonds is 8. The lowest BCUT2D eigenvalue weighted by Gasteiger charge is -2.15. The highest BCUT2D eigenvalue weighted by Gasteiger charge is 2.17. The van der Waals surface area contributed by atoms with Gasteiger partial charge in [0, 0.05) is 0 Å². The van der Waals surface area contributed by atoms with Crippen molar-refractivity contribution in [2.24, 2.45) is 0 Å². The molecule has 0 spiro atoms. The highest BCUT2D eigenvalue weighted by atomic mass is 16.6. The Hall–Kier alpha value is -4.46. The summed E-state index contributed by atoms with van der Waals surface area (Å²) < 4.78 is 12.1. The van der Waals surface area contributed by atoms with Gasteiger partial charge in [0.05, 0.1) is 18.7 Å². The van der Waals surface area contributed by atoms with E-state index in [1.807, 2.05) is 85.8 Å². The molecule has 3 aromatic carbocycles. The number of carbonyl (C=O) groups is 2. The zero-order valence-corrected chi connectivity index (χ0v) is 20.5. The Labute approximate surface area is 209 Å². The number of hydrogen-bond donors (Lipinski definition) is 1. The third-order valence-corrected chi connectivity index (χ3v) is 5.66. The van der Waals surface area contributed by atoms with Crippen LogP contribution in [0.2, 0.25) is 0 Å². The molecule has 184 valence electrons. The second-order valence-electron chi connectivity index (χ2n) is 8.24. The van der Waals surface area contributed by atoms with E-state index in [9.17, 15) is 9.59 Å². The lowest BCUT2D eigenvalue weighted by atomic mass is 10.0. The van der Waals surface area contributed by atoms with Crippen LogP contribution >= 0.6 is 0 Å². The first-order chi connectivity index (χ1) is 17.4. The number of aryl methyl sites for hydroxylation is 1. The molecule has 1 atom stereocenters. The Morgan fingerprint density at radius 1 is 0.944 bits per heavy atom. The van der Waals surface area contributed by atoms with Crippen molar-refractivity contribution in [1.82, 2.24) is 15.0 Å². The first-order valence-corrected chi connectivity index (χ1v) is 11.7. The number of ether oxygens (including phenoxy) is 2. The summed E-state index contributed by atoms with van der Waals surface area (Å²) in [6.07, 6.45) is -0.738. The number of amides is 1. The van der Waals surface area contributed by atoms with Gasteiger partial charge >= 0.3 is 12.1 Å². The first kappa shape index (κ1) is 24.7. The van der Waals surface area contributed by atoms with Crippen molar-refractivity contribution in [2.45, 2.75) is 33.3 Å². The Kier molecular flexibility index (Phi) is 7.75. The van der Waals surface area contributed by atoms with Crippen LogP contribution in [-0.2, 0) is 20.7 Å².